The number of quaternary nitrogens is 1. The van der Waals surface area contributed by atoms with Crippen molar-refractivity contribution >= 4 is 19.7 Å². The number of allylic oxidation sites excluding steroid dienone is 23. The zero-order valence-electron chi connectivity index (χ0n) is 52.4. The van der Waals surface area contributed by atoms with Gasteiger partial charge >= 0.3 is 5.97 Å². The first-order valence-corrected chi connectivity index (χ1v) is 33.6. The summed E-state index contributed by atoms with van der Waals surface area (Å²) in [5.74, 6) is -0.661. The molecule has 0 aliphatic rings. The van der Waals surface area contributed by atoms with Crippen LogP contribution in [0.5, 0.6) is 0 Å². The Morgan fingerprint density at radius 1 is 0.444 bits per heavy atom. The van der Waals surface area contributed by atoms with Gasteiger partial charge in [0.2, 0.25) is 5.91 Å². The van der Waals surface area contributed by atoms with Crippen molar-refractivity contribution in [3.63, 3.8) is 0 Å². The summed E-state index contributed by atoms with van der Waals surface area (Å²) in [5.41, 5.74) is 0. The van der Waals surface area contributed by atoms with Gasteiger partial charge in [0.15, 0.2) is 0 Å². The second-order valence-electron chi connectivity index (χ2n) is 22.1. The first-order chi connectivity index (χ1) is 39.4. The Kier molecular flexibility index (Phi) is 56.1. The van der Waals surface area contributed by atoms with Gasteiger partial charge in [-0.05, 0) is 115 Å². The van der Waals surface area contributed by atoms with Gasteiger partial charge in [0.1, 0.15) is 19.3 Å². The highest BCUT2D eigenvalue weighted by Gasteiger charge is 2.27. The highest BCUT2D eigenvalue weighted by atomic mass is 31.2. The van der Waals surface area contributed by atoms with Crippen LogP contribution in [0.15, 0.2) is 146 Å². The Morgan fingerprint density at radius 2 is 0.802 bits per heavy atom. The molecule has 9 nitrogen and oxygen atoms in total. The number of carbonyl (C=O) groups is 2. The molecule has 10 heteroatoms. The van der Waals surface area contributed by atoms with Gasteiger partial charge in [-0.3, -0.25) is 14.2 Å². The van der Waals surface area contributed by atoms with Crippen molar-refractivity contribution in [1.29, 1.82) is 0 Å². The van der Waals surface area contributed by atoms with Gasteiger partial charge in [-0.1, -0.05) is 257 Å². The van der Waals surface area contributed by atoms with Crippen LogP contribution >= 0.6 is 7.82 Å². The van der Waals surface area contributed by atoms with Crippen molar-refractivity contribution in [2.24, 2.45) is 0 Å². The second-order valence-corrected chi connectivity index (χ2v) is 23.6. The van der Waals surface area contributed by atoms with Crippen LogP contribution in [-0.4, -0.2) is 69.4 Å². The van der Waals surface area contributed by atoms with Crippen LogP contribution < -0.4 is 10.2 Å². The molecule has 3 atom stereocenters. The van der Waals surface area contributed by atoms with Crippen molar-refractivity contribution in [3.05, 3.63) is 146 Å². The third-order valence-electron chi connectivity index (χ3n) is 13.3. The van der Waals surface area contributed by atoms with Crippen LogP contribution in [-0.2, 0) is 27.9 Å². The normalized spacial score (nSPS) is 14.6. The smallest absolute Gasteiger partial charge is 0.306 e. The van der Waals surface area contributed by atoms with Gasteiger partial charge in [0.25, 0.3) is 7.82 Å². The zero-order valence-corrected chi connectivity index (χ0v) is 53.3. The van der Waals surface area contributed by atoms with E-state index in [2.05, 4.69) is 148 Å². The third kappa shape index (κ3) is 60.3. The number of rotatable bonds is 56. The Hall–Kier alpha value is -4.11. The van der Waals surface area contributed by atoms with E-state index >= 15 is 0 Å². The monoisotopic (exact) mass is 1140 g/mol. The largest absolute Gasteiger partial charge is 0.756 e. The van der Waals surface area contributed by atoms with E-state index in [0.717, 1.165) is 116 Å². The van der Waals surface area contributed by atoms with E-state index in [1.54, 1.807) is 6.08 Å². The van der Waals surface area contributed by atoms with E-state index in [1.165, 1.54) is 77.0 Å². The van der Waals surface area contributed by atoms with Crippen molar-refractivity contribution in [3.8, 4) is 0 Å². The molecule has 0 rings (SSSR count). The predicted octanol–water partition coefficient (Wildman–Crippen LogP) is 19.6. The molecule has 0 aliphatic heterocycles. The number of phosphoric ester groups is 1. The number of amides is 1. The van der Waals surface area contributed by atoms with Crippen molar-refractivity contribution in [2.75, 3.05) is 40.9 Å². The maximum absolute atomic E-state index is 13.5. The first-order valence-electron chi connectivity index (χ1n) is 32.1. The van der Waals surface area contributed by atoms with E-state index in [9.17, 15) is 19.0 Å². The lowest BCUT2D eigenvalue weighted by Gasteiger charge is -2.30. The molecule has 0 spiro atoms. The van der Waals surface area contributed by atoms with Crippen LogP contribution in [0.3, 0.4) is 0 Å². The number of likely N-dealkylation sites (N-methyl/N-ethyl adjacent to an activating group) is 1. The molecule has 0 radical (unpaired) electrons. The molecule has 0 aromatic heterocycles. The van der Waals surface area contributed by atoms with E-state index in [0.29, 0.717) is 23.9 Å². The number of hydrogen-bond donors (Lipinski definition) is 1. The summed E-state index contributed by atoms with van der Waals surface area (Å²) in [6.45, 7) is 6.53. The summed E-state index contributed by atoms with van der Waals surface area (Å²) in [7, 11) is 1.11. The number of unbranched alkanes of at least 4 members (excludes halogenated alkanes) is 18. The average molecular weight is 1140 g/mol. The van der Waals surface area contributed by atoms with E-state index in [4.69, 9.17) is 13.8 Å². The molecule has 0 fully saturated rings. The van der Waals surface area contributed by atoms with Crippen LogP contribution in [0.25, 0.3) is 0 Å². The number of ether oxygens (including phenoxy) is 1. The van der Waals surface area contributed by atoms with E-state index in [-0.39, 0.29) is 31.3 Å². The molecule has 1 N–H and O–H groups in total. The minimum absolute atomic E-state index is 0.0460. The summed E-state index contributed by atoms with van der Waals surface area (Å²) in [4.78, 5) is 40.0. The first kappa shape index (κ1) is 76.9. The number of nitrogens with one attached hydrogen (secondary N) is 1. The minimum atomic E-state index is -4.73. The van der Waals surface area contributed by atoms with Crippen LogP contribution in [0, 0.1) is 0 Å². The summed E-state index contributed by atoms with van der Waals surface area (Å²) in [5, 5.41) is 2.98. The van der Waals surface area contributed by atoms with Crippen molar-refractivity contribution in [2.45, 2.75) is 251 Å². The van der Waals surface area contributed by atoms with Crippen LogP contribution in [0.2, 0.25) is 0 Å². The number of hydrogen-bond acceptors (Lipinski definition) is 7. The third-order valence-corrected chi connectivity index (χ3v) is 14.2. The molecule has 81 heavy (non-hydrogen) atoms. The fraction of sp³-hybridized carbons (Fsp3) is 0.634. The number of esters is 1. The molecule has 3 unspecified atom stereocenters. The van der Waals surface area contributed by atoms with Gasteiger partial charge in [-0.15, -0.1) is 0 Å². The van der Waals surface area contributed by atoms with E-state index < -0.39 is 26.6 Å². The number of carbonyl (C=O) groups excluding carboxylic acids is 2. The van der Waals surface area contributed by atoms with Gasteiger partial charge < -0.3 is 28.5 Å². The van der Waals surface area contributed by atoms with Crippen molar-refractivity contribution < 1.29 is 37.3 Å². The molecule has 0 aromatic carbocycles. The molecule has 460 valence electrons. The quantitative estimate of drug-likeness (QED) is 0.0212. The lowest BCUT2D eigenvalue weighted by molar-refractivity contribution is -0.870. The predicted molar refractivity (Wildman–Crippen MR) is 348 cm³/mol. The molecular weight excluding hydrogens is 1020 g/mol. The SMILES string of the molecule is CC/C=C\C/C=C\C/C=C\C/C=C\C/C=C\C/C=C\CCC(=O)NC(COP(=O)([O-])OCC[N+](C)(C)C)C(/C=C/CCCCCCCCCCCCC)OC(=O)CCCCCCCCC/C=C\C/C=C\C/C=C\C/C=C\C/C=C\CC. The standard InChI is InChI=1S/C71H119N2O7P/c1-7-10-13-16-19-22-25-28-30-32-34-35-36-37-39-41-43-46-49-52-55-58-61-64-71(75)80-69(62-59-56-53-50-47-44-27-24-21-18-15-12-9-3)68(67-79-81(76,77)78-66-65-73(4,5)6)72-70(74)63-60-57-54-51-48-45-42-40-38-33-31-29-26-23-20-17-14-11-8-2/h10-11,13-14,19-20,22-23,28-31,34-35,37-40,45,48,54,57,59,62,68-69H,7-9,12,15-18,21,24-27,32-33,36,41-44,46-47,49-53,55-56,58,60-61,63-67H2,1-6H3,(H-,72,74,76,77)/b13-10-,14-11-,22-19-,23-20-,30-28-,31-29-,35-34-,39-37-,40-38-,48-45-,57-54-,62-59+. The average Bonchev–Trinajstić information content (AvgIpc) is 3.44. The Balaban J connectivity index is 5.38. The summed E-state index contributed by atoms with van der Waals surface area (Å²) in [6.07, 6.45) is 85.5. The molecule has 1 amide bonds. The molecule has 0 saturated heterocycles. The maximum atomic E-state index is 13.5. The lowest BCUT2D eigenvalue weighted by Crippen LogP contribution is -2.47. The summed E-state index contributed by atoms with van der Waals surface area (Å²) >= 11 is 0. The molecule has 0 heterocycles. The van der Waals surface area contributed by atoms with Gasteiger partial charge in [0, 0.05) is 12.8 Å². The fourth-order valence-corrected chi connectivity index (χ4v) is 9.12. The van der Waals surface area contributed by atoms with Gasteiger partial charge in [-0.25, -0.2) is 0 Å². The van der Waals surface area contributed by atoms with E-state index in [1.807, 2.05) is 39.4 Å². The molecule has 0 aromatic rings. The number of nitrogens with zero attached hydrogens (tertiary/aromatic N) is 1. The highest BCUT2D eigenvalue weighted by molar-refractivity contribution is 7.45. The molecule has 0 bridgehead atoms. The fourth-order valence-electron chi connectivity index (χ4n) is 8.39. The highest BCUT2D eigenvalue weighted by Crippen LogP contribution is 2.38. The Labute approximate surface area is 498 Å². The topological polar surface area (TPSA) is 114 Å². The zero-order chi connectivity index (χ0) is 59.3. The van der Waals surface area contributed by atoms with Crippen LogP contribution in [0.4, 0.5) is 0 Å². The molecular formula is C71H119N2O7P. The lowest BCUT2D eigenvalue weighted by atomic mass is 10.0. The number of phosphoric acid groups is 1. The molecule has 0 saturated carbocycles. The Morgan fingerprint density at radius 3 is 1.21 bits per heavy atom. The van der Waals surface area contributed by atoms with Crippen LogP contribution in [0.1, 0.15) is 239 Å². The Bertz CT molecular complexity index is 1890. The minimum Gasteiger partial charge on any atom is -0.756 e. The summed E-state index contributed by atoms with van der Waals surface area (Å²) < 4.78 is 30.3. The second kappa shape index (κ2) is 59.1. The van der Waals surface area contributed by atoms with Crippen molar-refractivity contribution in [1.82, 2.24) is 5.32 Å². The summed E-state index contributed by atoms with van der Waals surface area (Å²) in [6, 6.07) is -0.945. The molecule has 0 aliphatic carbocycles. The maximum Gasteiger partial charge on any atom is 0.306 e. The van der Waals surface area contributed by atoms with Gasteiger partial charge in [-0.2, -0.15) is 0 Å². The van der Waals surface area contributed by atoms with Gasteiger partial charge in [0.05, 0.1) is 33.8 Å².